The van der Waals surface area contributed by atoms with Crippen LogP contribution in [0.15, 0.2) is 53.0 Å². The van der Waals surface area contributed by atoms with Gasteiger partial charge in [-0.25, -0.2) is 4.79 Å². The predicted molar refractivity (Wildman–Crippen MR) is 95.5 cm³/mol. The summed E-state index contributed by atoms with van der Waals surface area (Å²) >= 11 is 3.40. The molecule has 0 unspecified atom stereocenters. The van der Waals surface area contributed by atoms with Gasteiger partial charge in [0.05, 0.1) is 5.56 Å². The molecule has 0 aromatic heterocycles. The van der Waals surface area contributed by atoms with Gasteiger partial charge >= 0.3 is 5.97 Å². The van der Waals surface area contributed by atoms with E-state index in [9.17, 15) is 4.79 Å². The second kappa shape index (κ2) is 10.2. The van der Waals surface area contributed by atoms with E-state index in [1.165, 1.54) is 24.0 Å². The van der Waals surface area contributed by atoms with Crippen LogP contribution in [0.5, 0.6) is 0 Å². The molecule has 0 spiro atoms. The summed E-state index contributed by atoms with van der Waals surface area (Å²) in [6.07, 6.45) is 4.52. The first-order chi connectivity index (χ1) is 10.6. The molecule has 2 rings (SSSR count). The number of aryl methyl sites for hydroxylation is 2. The molecule has 0 fully saturated rings. The van der Waals surface area contributed by atoms with E-state index in [1.54, 1.807) is 12.1 Å². The van der Waals surface area contributed by atoms with Gasteiger partial charge in [0.2, 0.25) is 0 Å². The van der Waals surface area contributed by atoms with E-state index < -0.39 is 5.97 Å². The largest absolute Gasteiger partial charge is 0.478 e. The summed E-state index contributed by atoms with van der Waals surface area (Å²) in [6.45, 7) is 4.30. The van der Waals surface area contributed by atoms with Crippen LogP contribution in [0, 0.1) is 0 Å². The van der Waals surface area contributed by atoms with Crippen LogP contribution < -0.4 is 0 Å². The molecular weight excluding hydrogens is 340 g/mol. The number of carboxylic acids is 1. The lowest BCUT2D eigenvalue weighted by Crippen LogP contribution is -1.95. The molecule has 0 heterocycles. The van der Waals surface area contributed by atoms with Gasteiger partial charge in [-0.15, -0.1) is 0 Å². The molecule has 0 aliphatic carbocycles. The van der Waals surface area contributed by atoms with Crippen LogP contribution >= 0.6 is 15.9 Å². The zero-order valence-corrected chi connectivity index (χ0v) is 14.8. The van der Waals surface area contributed by atoms with Gasteiger partial charge in [-0.2, -0.15) is 0 Å². The van der Waals surface area contributed by atoms with Gasteiger partial charge in [-0.1, -0.05) is 66.9 Å². The minimum Gasteiger partial charge on any atom is -0.478 e. The SMILES string of the molecule is CCCc1ccc(Br)cc1.CCCc1ccc(C(=O)O)cc1. The zero-order valence-electron chi connectivity index (χ0n) is 13.2. The molecule has 22 heavy (non-hydrogen) atoms. The number of hydrogen-bond acceptors (Lipinski definition) is 1. The molecule has 0 aliphatic heterocycles. The Labute approximate surface area is 141 Å². The normalized spacial score (nSPS) is 9.77. The molecule has 0 amide bonds. The van der Waals surface area contributed by atoms with E-state index in [4.69, 9.17) is 5.11 Å². The maximum atomic E-state index is 10.5. The van der Waals surface area contributed by atoms with Crippen LogP contribution in [0.2, 0.25) is 0 Å². The quantitative estimate of drug-likeness (QED) is 0.736. The lowest BCUT2D eigenvalue weighted by Gasteiger charge is -1.98. The second-order valence-corrected chi connectivity index (χ2v) is 6.04. The van der Waals surface area contributed by atoms with Crippen LogP contribution in [0.1, 0.15) is 48.2 Å². The third kappa shape index (κ3) is 6.90. The van der Waals surface area contributed by atoms with Crippen molar-refractivity contribution in [3.05, 3.63) is 69.7 Å². The molecule has 0 saturated heterocycles. The molecule has 118 valence electrons. The summed E-state index contributed by atoms with van der Waals surface area (Å²) in [5, 5.41) is 8.61. The maximum Gasteiger partial charge on any atom is 0.335 e. The van der Waals surface area contributed by atoms with E-state index in [1.807, 2.05) is 12.1 Å². The first-order valence-electron chi connectivity index (χ1n) is 7.63. The fourth-order valence-electron chi connectivity index (χ4n) is 2.04. The topological polar surface area (TPSA) is 37.3 Å². The molecule has 0 radical (unpaired) electrons. The molecule has 0 saturated carbocycles. The first kappa shape index (κ1) is 18.4. The molecule has 2 aromatic carbocycles. The number of aromatic carboxylic acids is 1. The molecule has 2 aromatic rings. The standard InChI is InChI=1S/C10H12O2.C9H11Br/c1-2-3-8-4-6-9(7-5-8)10(11)12;1-2-3-8-4-6-9(10)7-5-8/h4-7H,2-3H2,1H3,(H,11,12);4-7H,2-3H2,1H3. The number of carbonyl (C=O) groups is 1. The Morgan fingerprint density at radius 3 is 1.64 bits per heavy atom. The van der Waals surface area contributed by atoms with Crippen molar-refractivity contribution in [3.8, 4) is 0 Å². The highest BCUT2D eigenvalue weighted by Gasteiger charge is 2.00. The smallest absolute Gasteiger partial charge is 0.335 e. The van der Waals surface area contributed by atoms with Crippen LogP contribution in [-0.2, 0) is 12.8 Å². The van der Waals surface area contributed by atoms with Crippen molar-refractivity contribution < 1.29 is 9.90 Å². The Kier molecular flexibility index (Phi) is 8.53. The van der Waals surface area contributed by atoms with Gasteiger partial charge < -0.3 is 5.11 Å². The minimum atomic E-state index is -0.863. The highest BCUT2D eigenvalue weighted by atomic mass is 79.9. The Morgan fingerprint density at radius 2 is 1.27 bits per heavy atom. The van der Waals surface area contributed by atoms with Gasteiger partial charge in [-0.05, 0) is 48.2 Å². The molecule has 1 N–H and O–H groups in total. The molecule has 0 aliphatic rings. The zero-order chi connectivity index (χ0) is 16.4. The summed E-state index contributed by atoms with van der Waals surface area (Å²) in [5.41, 5.74) is 2.98. The summed E-state index contributed by atoms with van der Waals surface area (Å²) < 4.78 is 1.16. The van der Waals surface area contributed by atoms with Crippen molar-refractivity contribution >= 4 is 21.9 Å². The van der Waals surface area contributed by atoms with Crippen LogP contribution in [0.4, 0.5) is 0 Å². The Morgan fingerprint density at radius 1 is 0.864 bits per heavy atom. The van der Waals surface area contributed by atoms with Crippen molar-refractivity contribution in [3.63, 3.8) is 0 Å². The van der Waals surface area contributed by atoms with Gasteiger partial charge in [0.1, 0.15) is 0 Å². The fraction of sp³-hybridized carbons (Fsp3) is 0.316. The van der Waals surface area contributed by atoms with E-state index in [0.717, 1.165) is 17.3 Å². The minimum absolute atomic E-state index is 0.356. The van der Waals surface area contributed by atoms with E-state index in [-0.39, 0.29) is 0 Å². The highest BCUT2D eigenvalue weighted by molar-refractivity contribution is 9.10. The van der Waals surface area contributed by atoms with Gasteiger partial charge in [0.15, 0.2) is 0 Å². The lowest BCUT2D eigenvalue weighted by molar-refractivity contribution is 0.0697. The molecule has 0 atom stereocenters. The molecular formula is C19H23BrO2. The first-order valence-corrected chi connectivity index (χ1v) is 8.42. The highest BCUT2D eigenvalue weighted by Crippen LogP contribution is 2.11. The Balaban J connectivity index is 0.000000224. The van der Waals surface area contributed by atoms with E-state index in [0.29, 0.717) is 5.56 Å². The monoisotopic (exact) mass is 362 g/mol. The summed E-state index contributed by atoms with van der Waals surface area (Å²) in [5.74, 6) is -0.863. The number of carboxylic acid groups (broad SMARTS) is 1. The molecule has 0 bridgehead atoms. The summed E-state index contributed by atoms with van der Waals surface area (Å²) in [4.78, 5) is 10.5. The van der Waals surface area contributed by atoms with E-state index >= 15 is 0 Å². The van der Waals surface area contributed by atoms with Crippen LogP contribution in [0.3, 0.4) is 0 Å². The fourth-order valence-corrected chi connectivity index (χ4v) is 2.31. The number of hydrogen-bond donors (Lipinski definition) is 1. The van der Waals surface area contributed by atoms with Gasteiger partial charge in [0, 0.05) is 4.47 Å². The Bertz CT molecular complexity index is 559. The van der Waals surface area contributed by atoms with Crippen molar-refractivity contribution in [1.82, 2.24) is 0 Å². The predicted octanol–water partition coefficient (Wildman–Crippen LogP) is 5.74. The number of rotatable bonds is 5. The van der Waals surface area contributed by atoms with Crippen molar-refractivity contribution in [1.29, 1.82) is 0 Å². The lowest BCUT2D eigenvalue weighted by atomic mass is 10.1. The third-order valence-corrected chi connectivity index (χ3v) is 3.72. The van der Waals surface area contributed by atoms with Crippen LogP contribution in [0.25, 0.3) is 0 Å². The average Bonchev–Trinajstić information content (AvgIpc) is 2.51. The van der Waals surface area contributed by atoms with E-state index in [2.05, 4.69) is 54.0 Å². The number of benzene rings is 2. The van der Waals surface area contributed by atoms with Crippen LogP contribution in [-0.4, -0.2) is 11.1 Å². The van der Waals surface area contributed by atoms with Crippen molar-refractivity contribution in [2.75, 3.05) is 0 Å². The van der Waals surface area contributed by atoms with Gasteiger partial charge in [0.25, 0.3) is 0 Å². The summed E-state index contributed by atoms with van der Waals surface area (Å²) in [7, 11) is 0. The molecule has 3 heteroatoms. The maximum absolute atomic E-state index is 10.5. The van der Waals surface area contributed by atoms with Crippen molar-refractivity contribution in [2.45, 2.75) is 39.5 Å². The van der Waals surface area contributed by atoms with Crippen molar-refractivity contribution in [2.24, 2.45) is 0 Å². The van der Waals surface area contributed by atoms with Gasteiger partial charge in [-0.3, -0.25) is 0 Å². The Hall–Kier alpha value is -1.61. The number of halogens is 1. The summed E-state index contributed by atoms with van der Waals surface area (Å²) in [6, 6.07) is 15.5. The average molecular weight is 363 g/mol. The third-order valence-electron chi connectivity index (χ3n) is 3.19. The second-order valence-electron chi connectivity index (χ2n) is 5.13. The molecule has 2 nitrogen and oxygen atoms in total.